The number of nitrogens with zero attached hydrogens (tertiary/aromatic N) is 2. The number of rotatable bonds is 7. The molecule has 8 nitrogen and oxygen atoms in total. The van der Waals surface area contributed by atoms with Crippen molar-refractivity contribution in [2.24, 2.45) is 5.92 Å². The number of anilines is 2. The Kier molecular flexibility index (Phi) is 6.90. The maximum absolute atomic E-state index is 12.0. The van der Waals surface area contributed by atoms with Gasteiger partial charge in [0, 0.05) is 6.07 Å². The highest BCUT2D eigenvalue weighted by Gasteiger charge is 2.26. The first-order valence-corrected chi connectivity index (χ1v) is 7.76. The van der Waals surface area contributed by atoms with Crippen molar-refractivity contribution in [1.29, 1.82) is 0 Å². The molecule has 0 unspecified atom stereocenters. The van der Waals surface area contributed by atoms with E-state index in [2.05, 4.69) is 15.3 Å². The van der Waals surface area contributed by atoms with Gasteiger partial charge in [-0.2, -0.15) is 0 Å². The standard InChI is InChI=1S/C13H21N5O3S/c1-4-7(2)11(12(20)21-3)18-10(19)6-22-13-16-8(14)5-9(15)17-13/h5,7,11H,4,6H2,1-3H3,(H,18,19)(H4,14,15,16,17)/t7-,11-/m1/s1. The number of esters is 1. The van der Waals surface area contributed by atoms with E-state index in [-0.39, 0.29) is 29.2 Å². The number of amides is 1. The zero-order valence-corrected chi connectivity index (χ0v) is 13.6. The van der Waals surface area contributed by atoms with Crippen LogP contribution < -0.4 is 16.8 Å². The molecule has 0 aliphatic heterocycles. The number of aromatic nitrogens is 2. The van der Waals surface area contributed by atoms with Crippen LogP contribution in [0.4, 0.5) is 11.6 Å². The molecule has 0 spiro atoms. The van der Waals surface area contributed by atoms with E-state index >= 15 is 0 Å². The number of carbonyl (C=O) groups excluding carboxylic acids is 2. The zero-order chi connectivity index (χ0) is 16.7. The molecule has 0 fully saturated rings. The SMILES string of the molecule is CC[C@@H](C)[C@@H](NC(=O)CSc1nc(N)cc(N)n1)C(=O)OC. The Balaban J connectivity index is 2.62. The van der Waals surface area contributed by atoms with Gasteiger partial charge >= 0.3 is 5.97 Å². The van der Waals surface area contributed by atoms with Gasteiger partial charge in [0.1, 0.15) is 17.7 Å². The first kappa shape index (κ1) is 18.0. The average Bonchev–Trinajstić information content (AvgIpc) is 2.48. The smallest absolute Gasteiger partial charge is 0.328 e. The molecule has 122 valence electrons. The molecule has 0 saturated heterocycles. The van der Waals surface area contributed by atoms with Crippen LogP contribution in [0.2, 0.25) is 0 Å². The molecule has 22 heavy (non-hydrogen) atoms. The second kappa shape index (κ2) is 8.42. The predicted molar refractivity (Wildman–Crippen MR) is 85.0 cm³/mol. The Morgan fingerprint density at radius 3 is 2.45 bits per heavy atom. The second-order valence-corrected chi connectivity index (χ2v) is 5.69. The van der Waals surface area contributed by atoms with Gasteiger partial charge in [-0.25, -0.2) is 14.8 Å². The minimum atomic E-state index is -0.671. The molecule has 1 aromatic rings. The monoisotopic (exact) mass is 327 g/mol. The van der Waals surface area contributed by atoms with Crippen LogP contribution in [-0.4, -0.2) is 40.7 Å². The molecule has 0 aromatic carbocycles. The summed E-state index contributed by atoms with van der Waals surface area (Å²) in [6, 6.07) is 0.760. The van der Waals surface area contributed by atoms with Crippen LogP contribution in [0.25, 0.3) is 0 Å². The van der Waals surface area contributed by atoms with Crippen LogP contribution in [0.1, 0.15) is 20.3 Å². The number of nitrogens with one attached hydrogen (secondary N) is 1. The molecule has 0 aliphatic rings. The lowest BCUT2D eigenvalue weighted by Gasteiger charge is -2.21. The van der Waals surface area contributed by atoms with Gasteiger partial charge in [-0.3, -0.25) is 4.79 Å². The lowest BCUT2D eigenvalue weighted by atomic mass is 9.99. The second-order valence-electron chi connectivity index (χ2n) is 4.74. The molecule has 2 atom stereocenters. The van der Waals surface area contributed by atoms with Crippen LogP contribution in [0, 0.1) is 5.92 Å². The maximum Gasteiger partial charge on any atom is 0.328 e. The third-order valence-corrected chi connectivity index (χ3v) is 3.91. The first-order valence-electron chi connectivity index (χ1n) is 6.77. The van der Waals surface area contributed by atoms with Crippen molar-refractivity contribution in [1.82, 2.24) is 15.3 Å². The molecule has 9 heteroatoms. The van der Waals surface area contributed by atoms with E-state index in [1.54, 1.807) is 0 Å². The molecular weight excluding hydrogens is 306 g/mol. The third kappa shape index (κ3) is 5.40. The fraction of sp³-hybridized carbons (Fsp3) is 0.538. The molecule has 1 amide bonds. The van der Waals surface area contributed by atoms with Crippen molar-refractivity contribution in [2.45, 2.75) is 31.5 Å². The van der Waals surface area contributed by atoms with Crippen molar-refractivity contribution in [2.75, 3.05) is 24.3 Å². The summed E-state index contributed by atoms with van der Waals surface area (Å²) in [6.07, 6.45) is 0.738. The number of carbonyl (C=O) groups is 2. The van der Waals surface area contributed by atoms with Crippen molar-refractivity contribution < 1.29 is 14.3 Å². The van der Waals surface area contributed by atoms with E-state index in [0.29, 0.717) is 5.16 Å². The number of thioether (sulfide) groups is 1. The summed E-state index contributed by atoms with van der Waals surface area (Å²) >= 11 is 1.09. The van der Waals surface area contributed by atoms with Crippen LogP contribution in [0.5, 0.6) is 0 Å². The highest BCUT2D eigenvalue weighted by atomic mass is 32.2. The molecule has 1 aromatic heterocycles. The summed E-state index contributed by atoms with van der Waals surface area (Å²) < 4.78 is 4.71. The third-order valence-electron chi connectivity index (χ3n) is 3.06. The van der Waals surface area contributed by atoms with Gasteiger partial charge in [-0.15, -0.1) is 0 Å². The van der Waals surface area contributed by atoms with E-state index < -0.39 is 12.0 Å². The van der Waals surface area contributed by atoms with Crippen LogP contribution in [0.15, 0.2) is 11.2 Å². The Labute approximate surface area is 133 Å². The van der Waals surface area contributed by atoms with Gasteiger partial charge < -0.3 is 21.5 Å². The molecule has 5 N–H and O–H groups in total. The molecule has 1 rings (SSSR count). The van der Waals surface area contributed by atoms with Gasteiger partial charge in [-0.1, -0.05) is 32.0 Å². The van der Waals surface area contributed by atoms with E-state index in [4.69, 9.17) is 16.2 Å². The van der Waals surface area contributed by atoms with Crippen LogP contribution in [0.3, 0.4) is 0 Å². The Bertz CT molecular complexity index is 520. The van der Waals surface area contributed by atoms with Gasteiger partial charge in [0.25, 0.3) is 0 Å². The van der Waals surface area contributed by atoms with Crippen LogP contribution >= 0.6 is 11.8 Å². The minimum absolute atomic E-state index is 0.0272. The predicted octanol–water partition coefficient (Wildman–Crippen LogP) is 0.437. The molecule has 0 radical (unpaired) electrons. The number of hydrogen-bond donors (Lipinski definition) is 3. The Morgan fingerprint density at radius 1 is 1.36 bits per heavy atom. The summed E-state index contributed by atoms with van der Waals surface area (Å²) in [5.41, 5.74) is 11.1. The first-order chi connectivity index (χ1) is 10.4. The number of methoxy groups -OCH3 is 1. The van der Waals surface area contributed by atoms with Gasteiger partial charge in [0.05, 0.1) is 12.9 Å². The number of nitrogens with two attached hydrogens (primary N) is 2. The zero-order valence-electron chi connectivity index (χ0n) is 12.8. The summed E-state index contributed by atoms with van der Waals surface area (Å²) in [6.45, 7) is 3.81. The van der Waals surface area contributed by atoms with E-state index in [1.165, 1.54) is 13.2 Å². The van der Waals surface area contributed by atoms with Crippen LogP contribution in [-0.2, 0) is 14.3 Å². The summed E-state index contributed by atoms with van der Waals surface area (Å²) in [5.74, 6) is -0.277. The molecule has 0 bridgehead atoms. The van der Waals surface area contributed by atoms with Gasteiger partial charge in [-0.05, 0) is 5.92 Å². The van der Waals surface area contributed by atoms with Gasteiger partial charge in [0.15, 0.2) is 5.16 Å². The average molecular weight is 327 g/mol. The summed E-state index contributed by atoms with van der Waals surface area (Å²) in [4.78, 5) is 31.6. The topological polar surface area (TPSA) is 133 Å². The summed E-state index contributed by atoms with van der Waals surface area (Å²) in [5, 5.41) is 2.98. The lowest BCUT2D eigenvalue weighted by molar-refractivity contribution is -0.146. The number of nitrogen functional groups attached to an aromatic ring is 2. The van der Waals surface area contributed by atoms with Crippen molar-refractivity contribution in [3.63, 3.8) is 0 Å². The minimum Gasteiger partial charge on any atom is -0.467 e. The number of ether oxygens (including phenoxy) is 1. The van der Waals surface area contributed by atoms with Crippen molar-refractivity contribution >= 4 is 35.3 Å². The Morgan fingerprint density at radius 2 is 1.95 bits per heavy atom. The quantitative estimate of drug-likeness (QED) is 0.373. The van der Waals surface area contributed by atoms with E-state index in [1.807, 2.05) is 13.8 Å². The molecular formula is C13H21N5O3S. The van der Waals surface area contributed by atoms with Gasteiger partial charge in [0.2, 0.25) is 5.91 Å². The summed E-state index contributed by atoms with van der Waals surface area (Å²) in [7, 11) is 1.29. The van der Waals surface area contributed by atoms with Crippen molar-refractivity contribution in [3.8, 4) is 0 Å². The largest absolute Gasteiger partial charge is 0.467 e. The maximum atomic E-state index is 12.0. The van der Waals surface area contributed by atoms with E-state index in [0.717, 1.165) is 18.2 Å². The number of hydrogen-bond acceptors (Lipinski definition) is 8. The molecule has 0 saturated carbocycles. The highest BCUT2D eigenvalue weighted by molar-refractivity contribution is 7.99. The normalized spacial score (nSPS) is 13.2. The van der Waals surface area contributed by atoms with E-state index in [9.17, 15) is 9.59 Å². The molecule has 1 heterocycles. The lowest BCUT2D eigenvalue weighted by Crippen LogP contribution is -2.46. The fourth-order valence-corrected chi connectivity index (χ4v) is 2.35. The molecule has 0 aliphatic carbocycles. The highest BCUT2D eigenvalue weighted by Crippen LogP contribution is 2.16. The fourth-order valence-electron chi connectivity index (χ4n) is 1.67. The Hall–Kier alpha value is -2.03. The van der Waals surface area contributed by atoms with Crippen molar-refractivity contribution in [3.05, 3.63) is 6.07 Å².